The number of hydrogen-bond donors (Lipinski definition) is 1. The number of benzene rings is 1. The first-order valence-corrected chi connectivity index (χ1v) is 6.58. The molecule has 2 unspecified atom stereocenters. The Bertz CT molecular complexity index is 445. The average molecular weight is 248 g/mol. The fourth-order valence-corrected chi connectivity index (χ4v) is 2.70. The summed E-state index contributed by atoms with van der Waals surface area (Å²) in [6.07, 6.45) is 4.85. The largest absolute Gasteiger partial charge is 0.382 e. The predicted octanol–water partition coefficient (Wildman–Crippen LogP) is 3.89. The molecule has 0 bridgehead atoms. The Labute approximate surface area is 108 Å². The molecule has 1 aliphatic carbocycles. The molecule has 0 radical (unpaired) electrons. The normalized spacial score (nSPS) is 23.7. The van der Waals surface area contributed by atoms with Gasteiger partial charge in [-0.3, -0.25) is 10.1 Å². The monoisotopic (exact) mass is 248 g/mol. The maximum Gasteiger partial charge on any atom is 0.274 e. The van der Waals surface area contributed by atoms with Crippen LogP contribution in [0.5, 0.6) is 0 Å². The van der Waals surface area contributed by atoms with Gasteiger partial charge >= 0.3 is 0 Å². The SMILES string of the molecule is Cc1ccc(NC2CCCC(C)C2)cc1[N+](=O)[O-]. The van der Waals surface area contributed by atoms with E-state index in [-0.39, 0.29) is 10.6 Å². The molecule has 4 nitrogen and oxygen atoms in total. The summed E-state index contributed by atoms with van der Waals surface area (Å²) in [7, 11) is 0. The number of rotatable bonds is 3. The molecule has 1 aromatic rings. The van der Waals surface area contributed by atoms with Crippen molar-refractivity contribution in [2.45, 2.75) is 45.6 Å². The third-order valence-electron chi connectivity index (χ3n) is 3.71. The molecule has 2 atom stereocenters. The minimum absolute atomic E-state index is 0.198. The quantitative estimate of drug-likeness (QED) is 0.652. The second-order valence-electron chi connectivity index (χ2n) is 5.37. The van der Waals surface area contributed by atoms with Crippen LogP contribution in [0.1, 0.15) is 38.2 Å². The summed E-state index contributed by atoms with van der Waals surface area (Å²) in [6.45, 7) is 4.04. The zero-order chi connectivity index (χ0) is 13.1. The molecular weight excluding hydrogens is 228 g/mol. The van der Waals surface area contributed by atoms with Gasteiger partial charge in [-0.2, -0.15) is 0 Å². The molecule has 1 fully saturated rings. The molecule has 0 saturated heterocycles. The third kappa shape index (κ3) is 3.00. The highest BCUT2D eigenvalue weighted by Crippen LogP contribution is 2.28. The maximum absolute atomic E-state index is 10.9. The van der Waals surface area contributed by atoms with E-state index in [0.717, 1.165) is 24.4 Å². The van der Waals surface area contributed by atoms with Crippen molar-refractivity contribution in [1.82, 2.24) is 0 Å². The van der Waals surface area contributed by atoms with Crippen LogP contribution in [0.4, 0.5) is 11.4 Å². The second-order valence-corrected chi connectivity index (χ2v) is 5.37. The van der Waals surface area contributed by atoms with E-state index in [9.17, 15) is 10.1 Å². The van der Waals surface area contributed by atoms with Gasteiger partial charge in [0.2, 0.25) is 0 Å². The van der Waals surface area contributed by atoms with E-state index >= 15 is 0 Å². The van der Waals surface area contributed by atoms with Gasteiger partial charge in [-0.05, 0) is 31.7 Å². The molecule has 1 aliphatic rings. The molecule has 0 amide bonds. The molecule has 0 heterocycles. The van der Waals surface area contributed by atoms with E-state index in [2.05, 4.69) is 12.2 Å². The van der Waals surface area contributed by atoms with Crippen LogP contribution >= 0.6 is 0 Å². The average Bonchev–Trinajstić information content (AvgIpc) is 2.31. The van der Waals surface area contributed by atoms with Crippen LogP contribution in [-0.4, -0.2) is 11.0 Å². The molecular formula is C14H20N2O2. The van der Waals surface area contributed by atoms with Crippen LogP contribution in [0, 0.1) is 23.0 Å². The molecule has 1 aromatic carbocycles. The number of nitrogens with one attached hydrogen (secondary N) is 1. The van der Waals surface area contributed by atoms with E-state index in [1.165, 1.54) is 12.8 Å². The fourth-order valence-electron chi connectivity index (χ4n) is 2.70. The first-order valence-electron chi connectivity index (χ1n) is 6.58. The Morgan fingerprint density at radius 1 is 1.39 bits per heavy atom. The topological polar surface area (TPSA) is 55.2 Å². The van der Waals surface area contributed by atoms with Crippen molar-refractivity contribution in [3.8, 4) is 0 Å². The first kappa shape index (κ1) is 12.9. The van der Waals surface area contributed by atoms with Crippen molar-refractivity contribution >= 4 is 11.4 Å². The predicted molar refractivity (Wildman–Crippen MR) is 72.9 cm³/mol. The van der Waals surface area contributed by atoms with Gasteiger partial charge in [-0.25, -0.2) is 0 Å². The fraction of sp³-hybridized carbons (Fsp3) is 0.571. The summed E-state index contributed by atoms with van der Waals surface area (Å²) in [4.78, 5) is 10.6. The van der Waals surface area contributed by atoms with Gasteiger partial charge < -0.3 is 5.32 Å². The smallest absolute Gasteiger partial charge is 0.274 e. The lowest BCUT2D eigenvalue weighted by Gasteiger charge is -2.28. The Balaban J connectivity index is 2.09. The lowest BCUT2D eigenvalue weighted by molar-refractivity contribution is -0.385. The van der Waals surface area contributed by atoms with Crippen molar-refractivity contribution in [1.29, 1.82) is 0 Å². The standard InChI is InChI=1S/C14H20N2O2/c1-10-4-3-5-12(8-10)15-13-7-6-11(2)14(9-13)16(17)18/h6-7,9-10,12,15H,3-5,8H2,1-2H3. The highest BCUT2D eigenvalue weighted by molar-refractivity contribution is 5.55. The molecule has 0 aromatic heterocycles. The number of hydrogen-bond acceptors (Lipinski definition) is 3. The molecule has 1 saturated carbocycles. The van der Waals surface area contributed by atoms with E-state index in [4.69, 9.17) is 0 Å². The summed E-state index contributed by atoms with van der Waals surface area (Å²) in [6, 6.07) is 5.85. The second kappa shape index (κ2) is 5.38. The zero-order valence-corrected chi connectivity index (χ0v) is 11.0. The summed E-state index contributed by atoms with van der Waals surface area (Å²) in [5.74, 6) is 0.747. The highest BCUT2D eigenvalue weighted by atomic mass is 16.6. The van der Waals surface area contributed by atoms with Crippen LogP contribution in [0.15, 0.2) is 18.2 Å². The molecule has 1 N–H and O–H groups in total. The maximum atomic E-state index is 10.9. The summed E-state index contributed by atoms with van der Waals surface area (Å²) in [5.41, 5.74) is 1.78. The third-order valence-corrected chi connectivity index (χ3v) is 3.71. The summed E-state index contributed by atoms with van der Waals surface area (Å²) < 4.78 is 0. The zero-order valence-electron chi connectivity index (χ0n) is 11.0. The minimum Gasteiger partial charge on any atom is -0.382 e. The van der Waals surface area contributed by atoms with Gasteiger partial charge in [-0.1, -0.05) is 25.8 Å². The first-order chi connectivity index (χ1) is 8.56. The molecule has 4 heteroatoms. The number of nitrogens with zero attached hydrogens (tertiary/aromatic N) is 1. The van der Waals surface area contributed by atoms with Gasteiger partial charge in [0, 0.05) is 23.4 Å². The van der Waals surface area contributed by atoms with Gasteiger partial charge in [0.05, 0.1) is 4.92 Å². The van der Waals surface area contributed by atoms with E-state index in [1.807, 2.05) is 12.1 Å². The van der Waals surface area contributed by atoms with Gasteiger partial charge in [-0.15, -0.1) is 0 Å². The van der Waals surface area contributed by atoms with Gasteiger partial charge in [0.25, 0.3) is 5.69 Å². The summed E-state index contributed by atoms with van der Waals surface area (Å²) >= 11 is 0. The Kier molecular flexibility index (Phi) is 3.84. The molecule has 0 spiro atoms. The Morgan fingerprint density at radius 2 is 2.17 bits per heavy atom. The van der Waals surface area contributed by atoms with E-state index in [0.29, 0.717) is 11.6 Å². The highest BCUT2D eigenvalue weighted by Gasteiger charge is 2.19. The van der Waals surface area contributed by atoms with Crippen molar-refractivity contribution in [3.63, 3.8) is 0 Å². The lowest BCUT2D eigenvalue weighted by atomic mass is 9.87. The van der Waals surface area contributed by atoms with Crippen molar-refractivity contribution in [2.24, 2.45) is 5.92 Å². The summed E-state index contributed by atoms with van der Waals surface area (Å²) in [5, 5.41) is 14.3. The van der Waals surface area contributed by atoms with Crippen molar-refractivity contribution in [2.75, 3.05) is 5.32 Å². The lowest BCUT2D eigenvalue weighted by Crippen LogP contribution is -2.26. The molecule has 0 aliphatic heterocycles. The van der Waals surface area contributed by atoms with Gasteiger partial charge in [0.1, 0.15) is 0 Å². The molecule has 18 heavy (non-hydrogen) atoms. The minimum atomic E-state index is -0.315. The Morgan fingerprint density at radius 3 is 2.83 bits per heavy atom. The number of aryl methyl sites for hydroxylation is 1. The van der Waals surface area contributed by atoms with Crippen LogP contribution in [-0.2, 0) is 0 Å². The van der Waals surface area contributed by atoms with Crippen LogP contribution < -0.4 is 5.32 Å². The number of nitro groups is 1. The molecule has 2 rings (SSSR count). The molecule has 98 valence electrons. The van der Waals surface area contributed by atoms with Crippen LogP contribution in [0.2, 0.25) is 0 Å². The van der Waals surface area contributed by atoms with Crippen LogP contribution in [0.25, 0.3) is 0 Å². The van der Waals surface area contributed by atoms with Gasteiger partial charge in [0.15, 0.2) is 0 Å². The Hall–Kier alpha value is -1.58. The van der Waals surface area contributed by atoms with E-state index in [1.54, 1.807) is 13.0 Å². The van der Waals surface area contributed by atoms with Crippen molar-refractivity contribution in [3.05, 3.63) is 33.9 Å². The van der Waals surface area contributed by atoms with Crippen LogP contribution in [0.3, 0.4) is 0 Å². The number of nitro benzene ring substituents is 1. The van der Waals surface area contributed by atoms with Crippen molar-refractivity contribution < 1.29 is 4.92 Å². The van der Waals surface area contributed by atoms with E-state index < -0.39 is 0 Å². The number of anilines is 1.